The number of amides is 1. The number of nitrogens with zero attached hydrogens (tertiary/aromatic N) is 4. The number of carbonyl (C=O) groups excluding carboxylic acids is 1. The number of hydrogen-bond acceptors (Lipinski definition) is 5. The van der Waals surface area contributed by atoms with Gasteiger partial charge in [0.25, 0.3) is 0 Å². The maximum Gasteiger partial charge on any atom is 0.223 e. The summed E-state index contributed by atoms with van der Waals surface area (Å²) >= 11 is 1.56. The van der Waals surface area contributed by atoms with Crippen molar-refractivity contribution in [2.75, 3.05) is 18.4 Å². The van der Waals surface area contributed by atoms with Crippen LogP contribution in [0.1, 0.15) is 36.1 Å². The number of hydrogen-bond donors (Lipinski definition) is 1. The highest BCUT2D eigenvalue weighted by atomic mass is 32.1. The van der Waals surface area contributed by atoms with Crippen molar-refractivity contribution in [3.05, 3.63) is 41.2 Å². The average molecular weight is 369 g/mol. The fourth-order valence-corrected chi connectivity index (χ4v) is 4.56. The quantitative estimate of drug-likeness (QED) is 0.766. The van der Waals surface area contributed by atoms with Gasteiger partial charge in [-0.25, -0.2) is 4.98 Å². The maximum absolute atomic E-state index is 11.1. The van der Waals surface area contributed by atoms with Crippen molar-refractivity contribution in [1.29, 1.82) is 0 Å². The molecule has 0 radical (unpaired) electrons. The summed E-state index contributed by atoms with van der Waals surface area (Å²) in [6.45, 7) is 4.52. The minimum atomic E-state index is -0.0764. The Kier molecular flexibility index (Phi) is 4.74. The van der Waals surface area contributed by atoms with E-state index in [0.29, 0.717) is 11.0 Å². The Hall–Kier alpha value is -2.25. The Bertz CT molecular complexity index is 931. The van der Waals surface area contributed by atoms with E-state index >= 15 is 0 Å². The number of likely N-dealkylation sites (tertiary alicyclic amines) is 1. The second kappa shape index (κ2) is 7.17. The van der Waals surface area contributed by atoms with E-state index in [-0.39, 0.29) is 5.91 Å². The van der Waals surface area contributed by atoms with Gasteiger partial charge in [-0.15, -0.1) is 11.3 Å². The molecule has 0 saturated carbocycles. The summed E-state index contributed by atoms with van der Waals surface area (Å²) in [5.74, 6) is 0.436. The van der Waals surface area contributed by atoms with Crippen LogP contribution in [0.5, 0.6) is 0 Å². The lowest BCUT2D eigenvalue weighted by Crippen LogP contribution is -2.33. The molecule has 0 bridgehead atoms. The number of nitrogens with one attached hydrogen (secondary N) is 1. The number of aromatic nitrogens is 3. The molecular weight excluding hydrogens is 346 g/mol. The molecule has 1 saturated heterocycles. The molecule has 3 aromatic rings. The van der Waals surface area contributed by atoms with Crippen molar-refractivity contribution < 1.29 is 4.79 Å². The lowest BCUT2D eigenvalue weighted by Gasteiger charge is -2.32. The first-order valence-electron chi connectivity index (χ1n) is 8.94. The Balaban J connectivity index is 1.45. The molecule has 4 heterocycles. The lowest BCUT2D eigenvalue weighted by molar-refractivity contribution is -0.114. The van der Waals surface area contributed by atoms with Crippen molar-refractivity contribution in [2.45, 2.75) is 32.2 Å². The number of thiazole rings is 1. The van der Waals surface area contributed by atoms with E-state index in [0.717, 1.165) is 25.2 Å². The average Bonchev–Trinajstić information content (AvgIpc) is 3.21. The predicted molar refractivity (Wildman–Crippen MR) is 104 cm³/mol. The topological polar surface area (TPSA) is 63.1 Å². The molecule has 1 aliphatic rings. The zero-order valence-electron chi connectivity index (χ0n) is 15.1. The van der Waals surface area contributed by atoms with Crippen molar-refractivity contribution in [1.82, 2.24) is 19.4 Å². The molecule has 0 spiro atoms. The third kappa shape index (κ3) is 3.64. The third-order valence-corrected chi connectivity index (χ3v) is 5.84. The van der Waals surface area contributed by atoms with Crippen LogP contribution in [0.2, 0.25) is 0 Å². The summed E-state index contributed by atoms with van der Waals surface area (Å²) in [5, 5.41) is 3.44. The molecule has 7 heteroatoms. The monoisotopic (exact) mass is 369 g/mol. The smallest absolute Gasteiger partial charge is 0.223 e. The fourth-order valence-electron chi connectivity index (χ4n) is 3.66. The van der Waals surface area contributed by atoms with Gasteiger partial charge in [0, 0.05) is 50.5 Å². The van der Waals surface area contributed by atoms with E-state index < -0.39 is 0 Å². The Morgan fingerprint density at radius 2 is 2.27 bits per heavy atom. The molecule has 4 rings (SSSR count). The van der Waals surface area contributed by atoms with Crippen LogP contribution in [-0.4, -0.2) is 38.4 Å². The number of pyridine rings is 1. The van der Waals surface area contributed by atoms with Gasteiger partial charge in [-0.3, -0.25) is 14.7 Å². The van der Waals surface area contributed by atoms with Gasteiger partial charge >= 0.3 is 0 Å². The molecule has 0 aliphatic carbocycles. The Morgan fingerprint density at radius 1 is 1.38 bits per heavy atom. The van der Waals surface area contributed by atoms with Crippen molar-refractivity contribution >= 4 is 33.4 Å². The van der Waals surface area contributed by atoms with E-state index in [4.69, 9.17) is 0 Å². The molecule has 1 atom stereocenters. The van der Waals surface area contributed by atoms with Crippen molar-refractivity contribution in [3.63, 3.8) is 0 Å². The van der Waals surface area contributed by atoms with Gasteiger partial charge in [0.1, 0.15) is 0 Å². The highest BCUT2D eigenvalue weighted by Crippen LogP contribution is 2.30. The molecule has 0 unspecified atom stereocenters. The number of rotatable bonds is 4. The van der Waals surface area contributed by atoms with Gasteiger partial charge in [0.2, 0.25) is 5.91 Å². The Morgan fingerprint density at radius 3 is 3.12 bits per heavy atom. The van der Waals surface area contributed by atoms with Crippen molar-refractivity contribution in [3.8, 4) is 0 Å². The first-order valence-corrected chi connectivity index (χ1v) is 9.76. The molecule has 6 nitrogen and oxygen atoms in total. The normalized spacial score (nSPS) is 18.3. The number of piperidine rings is 1. The number of carbonyl (C=O) groups is 1. The zero-order chi connectivity index (χ0) is 18.1. The van der Waals surface area contributed by atoms with Crippen molar-refractivity contribution in [2.24, 2.45) is 7.05 Å². The summed E-state index contributed by atoms with van der Waals surface area (Å²) in [4.78, 5) is 23.7. The van der Waals surface area contributed by atoms with E-state index in [2.05, 4.69) is 50.1 Å². The minimum absolute atomic E-state index is 0.0764. The molecular formula is C19H23N5OS. The standard InChI is InChI=1S/C19H23N5OS/c1-13(25)22-19-21-10-16(26-19)12-24-6-3-4-14(11-24)15-8-18-17(20-9-15)5-7-23(18)2/h5,7-10,14H,3-4,6,11-12H2,1-2H3,(H,21,22,25)/t14-/m0/s1. The summed E-state index contributed by atoms with van der Waals surface area (Å²) in [7, 11) is 2.07. The van der Waals surface area contributed by atoms with Gasteiger partial charge in [0.15, 0.2) is 5.13 Å². The second-order valence-electron chi connectivity index (χ2n) is 6.99. The van der Waals surface area contributed by atoms with Gasteiger partial charge in [-0.05, 0) is 43.0 Å². The summed E-state index contributed by atoms with van der Waals surface area (Å²) < 4.78 is 2.13. The lowest BCUT2D eigenvalue weighted by atomic mass is 9.91. The summed E-state index contributed by atoms with van der Waals surface area (Å²) in [6, 6.07) is 4.35. The molecule has 136 valence electrons. The van der Waals surface area contributed by atoms with Crippen LogP contribution in [-0.2, 0) is 18.4 Å². The van der Waals surface area contributed by atoms with Crippen LogP contribution in [0.25, 0.3) is 11.0 Å². The van der Waals surface area contributed by atoms with Gasteiger partial charge in [-0.1, -0.05) is 0 Å². The third-order valence-electron chi connectivity index (χ3n) is 4.95. The number of aryl methyl sites for hydroxylation is 1. The van der Waals surface area contributed by atoms with Crippen LogP contribution in [0.15, 0.2) is 30.7 Å². The summed E-state index contributed by atoms with van der Waals surface area (Å²) in [5.41, 5.74) is 3.58. The zero-order valence-corrected chi connectivity index (χ0v) is 15.9. The van der Waals surface area contributed by atoms with Gasteiger partial charge in [-0.2, -0.15) is 0 Å². The van der Waals surface area contributed by atoms with Crippen LogP contribution < -0.4 is 5.32 Å². The molecule has 1 fully saturated rings. The van der Waals surface area contributed by atoms with Crippen LogP contribution in [0, 0.1) is 0 Å². The predicted octanol–water partition coefficient (Wildman–Crippen LogP) is 3.37. The van der Waals surface area contributed by atoms with E-state index in [9.17, 15) is 4.79 Å². The van der Waals surface area contributed by atoms with Crippen LogP contribution >= 0.6 is 11.3 Å². The minimum Gasteiger partial charge on any atom is -0.349 e. The summed E-state index contributed by atoms with van der Waals surface area (Å²) in [6.07, 6.45) is 8.36. The first kappa shape index (κ1) is 17.2. The SMILES string of the molecule is CC(=O)Nc1ncc(CN2CCC[C@H](c3cnc4ccn(C)c4c3)C2)s1. The Labute approximate surface area is 156 Å². The van der Waals surface area contributed by atoms with Crippen LogP contribution in [0.4, 0.5) is 5.13 Å². The fraction of sp³-hybridized carbons (Fsp3) is 0.421. The van der Waals surface area contributed by atoms with E-state index in [1.54, 1.807) is 11.3 Å². The number of fused-ring (bicyclic) bond motifs is 1. The molecule has 1 N–H and O–H groups in total. The van der Waals surface area contributed by atoms with Crippen LogP contribution in [0.3, 0.4) is 0 Å². The van der Waals surface area contributed by atoms with E-state index in [1.807, 2.05) is 12.4 Å². The second-order valence-corrected chi connectivity index (χ2v) is 8.10. The molecule has 1 amide bonds. The van der Waals surface area contributed by atoms with Gasteiger partial charge in [0.05, 0.1) is 11.0 Å². The molecule has 26 heavy (non-hydrogen) atoms. The largest absolute Gasteiger partial charge is 0.349 e. The van der Waals surface area contributed by atoms with Gasteiger partial charge < -0.3 is 9.88 Å². The highest BCUT2D eigenvalue weighted by molar-refractivity contribution is 7.15. The number of anilines is 1. The molecule has 1 aliphatic heterocycles. The molecule has 3 aromatic heterocycles. The maximum atomic E-state index is 11.1. The first-order chi connectivity index (χ1) is 12.6. The van der Waals surface area contributed by atoms with E-state index in [1.165, 1.54) is 35.7 Å². The molecule has 0 aromatic carbocycles. The highest BCUT2D eigenvalue weighted by Gasteiger charge is 2.23.